The summed E-state index contributed by atoms with van der Waals surface area (Å²) in [5, 5.41) is 0. The highest BCUT2D eigenvalue weighted by molar-refractivity contribution is 9.18. The molecule has 0 spiro atoms. The number of hydrogen-bond donors (Lipinski definition) is 0. The average Bonchev–Trinajstić information content (AvgIpc) is 2.28. The van der Waals surface area contributed by atoms with Crippen LogP contribution in [0.4, 0.5) is 11.4 Å². The van der Waals surface area contributed by atoms with Gasteiger partial charge in [-0.2, -0.15) is 0 Å². The number of hydrogen-bond acceptors (Lipinski definition) is 1. The second kappa shape index (κ2) is 3.81. The van der Waals surface area contributed by atoms with Crippen LogP contribution in [0.2, 0.25) is 0 Å². The predicted octanol–water partition coefficient (Wildman–Crippen LogP) is 3.35. The highest BCUT2D eigenvalue weighted by Crippen LogP contribution is 2.40. The molecule has 82 valence electrons. The molecule has 0 radical (unpaired) electrons. The van der Waals surface area contributed by atoms with E-state index in [0.717, 1.165) is 30.3 Å². The molecule has 0 N–H and O–H groups in total. The zero-order valence-electron chi connectivity index (χ0n) is 9.33. The molecule has 2 aliphatic heterocycles. The van der Waals surface area contributed by atoms with Crippen molar-refractivity contribution in [3.05, 3.63) is 23.3 Å². The maximum atomic E-state index is 4.68. The molecule has 0 saturated carbocycles. The Kier molecular flexibility index (Phi) is 2.43. The van der Waals surface area contributed by atoms with E-state index < -0.39 is 0 Å². The molecule has 0 fully saturated rings. The number of nitrogens with zero attached hydrogens (tertiary/aromatic N) is 2. The zero-order valence-corrected chi connectivity index (χ0v) is 10.9. The van der Waals surface area contributed by atoms with Gasteiger partial charge in [0.2, 0.25) is 5.69 Å². The summed E-state index contributed by atoms with van der Waals surface area (Å²) in [4.78, 5) is 4.68. The van der Waals surface area contributed by atoms with E-state index >= 15 is 0 Å². The van der Waals surface area contributed by atoms with Crippen molar-refractivity contribution in [3.8, 4) is 0 Å². The fourth-order valence-corrected chi connectivity index (χ4v) is 2.88. The van der Waals surface area contributed by atoms with Gasteiger partial charge >= 0.3 is 0 Å². The second-order valence-corrected chi connectivity index (χ2v) is 5.32. The van der Waals surface area contributed by atoms with Gasteiger partial charge in [0, 0.05) is 18.4 Å². The Balaban J connectivity index is 2.27. The molecule has 0 bridgehead atoms. The Bertz CT molecular complexity index is 515. The van der Waals surface area contributed by atoms with Crippen LogP contribution in [-0.2, 0) is 12.8 Å². The van der Waals surface area contributed by atoms with Gasteiger partial charge in [-0.1, -0.05) is 12.1 Å². The summed E-state index contributed by atoms with van der Waals surface area (Å²) in [6, 6.07) is 4.52. The standard InChI is InChI=1S/C13H14BrN2/c1-16-8-2-3-10-5-4-9-6-7-11(14)15-12(9)13(10)16/h4-5,8H,2-3,6-7H2,1H3/q+1. The molecule has 0 aliphatic carbocycles. The Morgan fingerprint density at radius 2 is 2.00 bits per heavy atom. The molecule has 0 amide bonds. The summed E-state index contributed by atoms with van der Waals surface area (Å²) in [6.07, 6.45) is 6.65. The van der Waals surface area contributed by atoms with Crippen LogP contribution in [0, 0.1) is 0 Å². The van der Waals surface area contributed by atoms with Crippen molar-refractivity contribution < 1.29 is 4.58 Å². The number of fused-ring (bicyclic) bond motifs is 3. The molecule has 1 aromatic rings. The maximum Gasteiger partial charge on any atom is 0.234 e. The monoisotopic (exact) mass is 277 g/mol. The van der Waals surface area contributed by atoms with Crippen LogP contribution < -0.4 is 0 Å². The van der Waals surface area contributed by atoms with Crippen molar-refractivity contribution in [3.63, 3.8) is 0 Å². The summed E-state index contributed by atoms with van der Waals surface area (Å²) in [6.45, 7) is 0. The van der Waals surface area contributed by atoms with Crippen molar-refractivity contribution in [1.29, 1.82) is 0 Å². The molecule has 3 heteroatoms. The first-order chi connectivity index (χ1) is 7.75. The largest absolute Gasteiger partial charge is 0.239 e. The van der Waals surface area contributed by atoms with E-state index in [0.29, 0.717) is 0 Å². The van der Waals surface area contributed by atoms with E-state index in [2.05, 4.69) is 50.9 Å². The van der Waals surface area contributed by atoms with Gasteiger partial charge in [0.1, 0.15) is 18.9 Å². The van der Waals surface area contributed by atoms with Gasteiger partial charge in [0.25, 0.3) is 0 Å². The Labute approximate surface area is 104 Å². The van der Waals surface area contributed by atoms with Crippen molar-refractivity contribution >= 4 is 38.1 Å². The minimum Gasteiger partial charge on any atom is -0.239 e. The lowest BCUT2D eigenvalue weighted by atomic mass is 9.96. The third-order valence-corrected chi connectivity index (χ3v) is 3.90. The fourth-order valence-electron chi connectivity index (χ4n) is 2.51. The number of rotatable bonds is 0. The molecule has 0 aromatic heterocycles. The van der Waals surface area contributed by atoms with Gasteiger partial charge < -0.3 is 0 Å². The third kappa shape index (κ3) is 1.54. The molecular weight excluding hydrogens is 264 g/mol. The van der Waals surface area contributed by atoms with Gasteiger partial charge in [-0.3, -0.25) is 0 Å². The summed E-state index contributed by atoms with van der Waals surface area (Å²) in [7, 11) is 2.12. The van der Waals surface area contributed by atoms with Crippen LogP contribution >= 0.6 is 15.9 Å². The lowest BCUT2D eigenvalue weighted by molar-refractivity contribution is -0.402. The molecular formula is C13H14BrN2+. The van der Waals surface area contributed by atoms with E-state index in [1.165, 1.54) is 22.5 Å². The molecule has 0 saturated heterocycles. The third-order valence-electron chi connectivity index (χ3n) is 3.32. The molecule has 3 rings (SSSR count). The van der Waals surface area contributed by atoms with Gasteiger partial charge in [-0.05, 0) is 34.3 Å². The van der Waals surface area contributed by atoms with Gasteiger partial charge in [0.15, 0.2) is 0 Å². The molecule has 2 aliphatic rings. The number of halogens is 1. The quantitative estimate of drug-likeness (QED) is 0.647. The van der Waals surface area contributed by atoms with Crippen LogP contribution in [0.5, 0.6) is 0 Å². The van der Waals surface area contributed by atoms with Gasteiger partial charge in [0.05, 0.1) is 4.62 Å². The lowest BCUT2D eigenvalue weighted by Gasteiger charge is -2.17. The minimum atomic E-state index is 1.03. The minimum absolute atomic E-state index is 1.03. The molecule has 1 aromatic carbocycles. The molecule has 16 heavy (non-hydrogen) atoms. The van der Waals surface area contributed by atoms with Crippen molar-refractivity contribution in [2.45, 2.75) is 25.7 Å². The number of aliphatic imine (C=N–C) groups is 1. The number of aryl methyl sites for hydroxylation is 2. The van der Waals surface area contributed by atoms with E-state index in [1.807, 2.05) is 0 Å². The SMILES string of the molecule is C[N+]1=CCCc2ccc3c(c21)N=C(Br)CC3. The number of benzene rings is 1. The topological polar surface area (TPSA) is 15.4 Å². The highest BCUT2D eigenvalue weighted by atomic mass is 79.9. The van der Waals surface area contributed by atoms with E-state index in [4.69, 9.17) is 0 Å². The van der Waals surface area contributed by atoms with Crippen LogP contribution in [-0.4, -0.2) is 22.5 Å². The first kappa shape index (κ1) is 10.2. The van der Waals surface area contributed by atoms with Crippen molar-refractivity contribution in [2.75, 3.05) is 7.05 Å². The normalized spacial score (nSPS) is 18.4. The Morgan fingerprint density at radius 3 is 2.88 bits per heavy atom. The van der Waals surface area contributed by atoms with Crippen LogP contribution in [0.3, 0.4) is 0 Å². The van der Waals surface area contributed by atoms with E-state index in [1.54, 1.807) is 0 Å². The van der Waals surface area contributed by atoms with Crippen LogP contribution in [0.15, 0.2) is 17.1 Å². The lowest BCUT2D eigenvalue weighted by Crippen LogP contribution is -2.12. The maximum absolute atomic E-state index is 4.68. The Morgan fingerprint density at radius 1 is 1.19 bits per heavy atom. The van der Waals surface area contributed by atoms with E-state index in [-0.39, 0.29) is 0 Å². The summed E-state index contributed by atoms with van der Waals surface area (Å²) < 4.78 is 3.31. The van der Waals surface area contributed by atoms with Crippen LogP contribution in [0.1, 0.15) is 24.0 Å². The first-order valence-corrected chi connectivity index (χ1v) is 6.49. The van der Waals surface area contributed by atoms with Gasteiger partial charge in [-0.25, -0.2) is 9.57 Å². The highest BCUT2D eigenvalue weighted by Gasteiger charge is 2.25. The van der Waals surface area contributed by atoms with E-state index in [9.17, 15) is 0 Å². The molecule has 2 heterocycles. The summed E-state index contributed by atoms with van der Waals surface area (Å²) in [5.74, 6) is 0. The molecule has 0 atom stereocenters. The fraction of sp³-hybridized carbons (Fsp3) is 0.385. The smallest absolute Gasteiger partial charge is 0.234 e. The summed E-state index contributed by atoms with van der Waals surface area (Å²) >= 11 is 3.53. The van der Waals surface area contributed by atoms with Crippen LogP contribution in [0.25, 0.3) is 0 Å². The first-order valence-electron chi connectivity index (χ1n) is 5.69. The summed E-state index contributed by atoms with van der Waals surface area (Å²) in [5.41, 5.74) is 5.29. The second-order valence-electron chi connectivity index (χ2n) is 4.40. The Hall–Kier alpha value is -0.960. The van der Waals surface area contributed by atoms with Crippen molar-refractivity contribution in [1.82, 2.24) is 0 Å². The zero-order chi connectivity index (χ0) is 11.1. The predicted molar refractivity (Wildman–Crippen MR) is 71.0 cm³/mol. The van der Waals surface area contributed by atoms with Crippen molar-refractivity contribution in [2.24, 2.45) is 4.99 Å². The molecule has 0 unspecified atom stereocenters. The van der Waals surface area contributed by atoms with Gasteiger partial charge in [-0.15, -0.1) is 0 Å². The molecule has 2 nitrogen and oxygen atoms in total. The average molecular weight is 278 g/mol.